The molecule has 0 spiro atoms. The zero-order valence-corrected chi connectivity index (χ0v) is 38.9. The first-order valence-electron chi connectivity index (χ1n) is 24.3. The van der Waals surface area contributed by atoms with E-state index in [0.29, 0.717) is 23.9 Å². The van der Waals surface area contributed by atoms with E-state index < -0.39 is 0 Å². The molecule has 0 atom stereocenters. The average molecular weight is 911 g/mol. The second-order valence-corrected chi connectivity index (χ2v) is 18.2. The Morgan fingerprint density at radius 1 is 0.352 bits per heavy atom. The molecule has 13 rings (SSSR count). The second kappa shape index (κ2) is 18.0. The lowest BCUT2D eigenvalue weighted by atomic mass is 9.87. The lowest BCUT2D eigenvalue weighted by Gasteiger charge is -2.18. The van der Waals surface area contributed by atoms with Crippen molar-refractivity contribution in [1.29, 1.82) is 0 Å². The van der Waals surface area contributed by atoms with Gasteiger partial charge in [-0.25, -0.2) is 15.0 Å². The smallest absolute Gasteiger partial charge is 0.164 e. The Labute approximate surface area is 412 Å². The summed E-state index contributed by atoms with van der Waals surface area (Å²) in [6.07, 6.45) is 2.23. The molecule has 0 amide bonds. The number of rotatable bonds is 11. The van der Waals surface area contributed by atoms with Crippen LogP contribution >= 0.6 is 0 Å². The van der Waals surface area contributed by atoms with E-state index in [1.807, 2.05) is 36.4 Å². The minimum atomic E-state index is 0.639. The number of hydrogen-bond donors (Lipinski definition) is 0. The van der Waals surface area contributed by atoms with Crippen molar-refractivity contribution < 1.29 is 4.42 Å². The molecular formula is C66H46N4O. The van der Waals surface area contributed by atoms with Gasteiger partial charge >= 0.3 is 0 Å². The zero-order valence-electron chi connectivity index (χ0n) is 38.9. The van der Waals surface area contributed by atoms with Gasteiger partial charge in [0, 0.05) is 43.9 Å². The van der Waals surface area contributed by atoms with Crippen molar-refractivity contribution in [1.82, 2.24) is 19.5 Å². The molecule has 0 fully saturated rings. The molecule has 0 saturated heterocycles. The molecule has 0 aliphatic carbocycles. The van der Waals surface area contributed by atoms with E-state index >= 15 is 0 Å². The molecule has 5 heteroatoms. The van der Waals surface area contributed by atoms with Gasteiger partial charge in [-0.3, -0.25) is 0 Å². The Hall–Kier alpha value is -9.19. The van der Waals surface area contributed by atoms with Gasteiger partial charge in [-0.15, -0.1) is 0 Å². The zero-order chi connectivity index (χ0) is 47.1. The van der Waals surface area contributed by atoms with Gasteiger partial charge in [-0.05, 0) is 106 Å². The Morgan fingerprint density at radius 3 is 1.55 bits per heavy atom. The summed E-state index contributed by atoms with van der Waals surface area (Å²) in [6.45, 7) is 0. The predicted octanol–water partition coefficient (Wildman–Crippen LogP) is 16.6. The highest BCUT2D eigenvalue weighted by molar-refractivity contribution is 6.17. The van der Waals surface area contributed by atoms with E-state index in [4.69, 9.17) is 19.4 Å². The first-order chi connectivity index (χ1) is 35.2. The fourth-order valence-corrected chi connectivity index (χ4v) is 10.5. The van der Waals surface area contributed by atoms with E-state index in [2.05, 4.69) is 211 Å². The first-order valence-corrected chi connectivity index (χ1v) is 24.3. The number of benzene rings is 10. The number of para-hydroxylation sites is 2. The number of aromatic nitrogens is 4. The Morgan fingerprint density at radius 2 is 0.901 bits per heavy atom. The maximum atomic E-state index is 6.74. The standard InChI is InChI=1S/C66H46N4O/c1-6-20-45(21-7-1)52-32-19-33-53(46-22-8-2-9-23-46)56(52)41-44-36-37-47(55(40-44)66-68-64(49-24-10-3-11-25-49)67-65(69-66)50-26-12-4-13-27-50)38-39-48-28-18-35-61-63(48)58-42-60-57(43-62(58)71-61)54-31-16-17-34-59(54)70(60)51-29-14-5-15-30-51/h1-37,40,42-43H,38-39,41H2. The Kier molecular flexibility index (Phi) is 10.7. The molecule has 0 N–H and O–H groups in total. The van der Waals surface area contributed by atoms with Crippen molar-refractivity contribution in [3.8, 4) is 62.1 Å². The minimum Gasteiger partial charge on any atom is -0.456 e. The summed E-state index contributed by atoms with van der Waals surface area (Å²) in [6, 6.07) is 85.9. The highest BCUT2D eigenvalue weighted by Gasteiger charge is 2.21. The first kappa shape index (κ1) is 42.0. The van der Waals surface area contributed by atoms with E-state index in [9.17, 15) is 0 Å². The maximum absolute atomic E-state index is 6.74. The van der Waals surface area contributed by atoms with Crippen LogP contribution in [0.25, 0.3) is 106 Å². The SMILES string of the molecule is c1ccc(-c2nc(-c3ccccc3)nc(-c3cc(Cc4c(-c5ccccc5)cccc4-c4ccccc4)ccc3CCc3cccc4oc5cc6c7ccccc7n(-c7ccccc7)c6cc5c34)n2)cc1. The van der Waals surface area contributed by atoms with Gasteiger partial charge < -0.3 is 8.98 Å². The van der Waals surface area contributed by atoms with E-state index in [1.165, 1.54) is 55.2 Å². The van der Waals surface area contributed by atoms with Crippen LogP contribution in [-0.2, 0) is 19.3 Å². The van der Waals surface area contributed by atoms with Gasteiger partial charge in [-0.2, -0.15) is 0 Å². The quantitative estimate of drug-likeness (QED) is 0.130. The molecule has 13 aromatic rings. The summed E-state index contributed by atoms with van der Waals surface area (Å²) in [4.78, 5) is 15.7. The van der Waals surface area contributed by atoms with Crippen molar-refractivity contribution in [3.63, 3.8) is 0 Å². The largest absolute Gasteiger partial charge is 0.456 e. The van der Waals surface area contributed by atoms with Gasteiger partial charge in [0.15, 0.2) is 17.5 Å². The molecule has 0 unspecified atom stereocenters. The predicted molar refractivity (Wildman–Crippen MR) is 292 cm³/mol. The number of hydrogen-bond acceptors (Lipinski definition) is 4. The van der Waals surface area contributed by atoms with E-state index in [-0.39, 0.29) is 0 Å². The fourth-order valence-electron chi connectivity index (χ4n) is 10.5. The van der Waals surface area contributed by atoms with Crippen LogP contribution in [0.15, 0.2) is 247 Å². The third-order valence-corrected chi connectivity index (χ3v) is 13.9. The number of furan rings is 1. The van der Waals surface area contributed by atoms with Crippen LogP contribution in [0.4, 0.5) is 0 Å². The van der Waals surface area contributed by atoms with Crippen LogP contribution in [0.5, 0.6) is 0 Å². The number of aryl methyl sites for hydroxylation is 2. The second-order valence-electron chi connectivity index (χ2n) is 18.2. The van der Waals surface area contributed by atoms with Gasteiger partial charge in [0.2, 0.25) is 0 Å². The maximum Gasteiger partial charge on any atom is 0.164 e. The molecule has 71 heavy (non-hydrogen) atoms. The summed E-state index contributed by atoms with van der Waals surface area (Å²) < 4.78 is 9.12. The van der Waals surface area contributed by atoms with Crippen LogP contribution in [0.3, 0.4) is 0 Å². The van der Waals surface area contributed by atoms with Crippen molar-refractivity contribution in [3.05, 3.63) is 265 Å². The van der Waals surface area contributed by atoms with Gasteiger partial charge in [0.1, 0.15) is 11.2 Å². The number of nitrogens with zero attached hydrogens (tertiary/aromatic N) is 4. The van der Waals surface area contributed by atoms with Crippen LogP contribution in [0.1, 0.15) is 22.3 Å². The minimum absolute atomic E-state index is 0.639. The molecular weight excluding hydrogens is 865 g/mol. The lowest BCUT2D eigenvalue weighted by molar-refractivity contribution is 0.669. The summed E-state index contributed by atoms with van der Waals surface area (Å²) in [5, 5.41) is 4.64. The molecule has 0 saturated carbocycles. The van der Waals surface area contributed by atoms with Crippen molar-refractivity contribution in [2.75, 3.05) is 0 Å². The molecule has 10 aromatic carbocycles. The van der Waals surface area contributed by atoms with Crippen LogP contribution in [-0.4, -0.2) is 19.5 Å². The highest BCUT2D eigenvalue weighted by Crippen LogP contribution is 2.41. The molecule has 5 nitrogen and oxygen atoms in total. The molecule has 3 heterocycles. The van der Waals surface area contributed by atoms with E-state index in [1.54, 1.807) is 0 Å². The number of fused-ring (bicyclic) bond motifs is 6. The monoisotopic (exact) mass is 910 g/mol. The van der Waals surface area contributed by atoms with Crippen LogP contribution in [0, 0.1) is 0 Å². The van der Waals surface area contributed by atoms with Crippen LogP contribution in [0.2, 0.25) is 0 Å². The fraction of sp³-hybridized carbons (Fsp3) is 0.0455. The summed E-state index contributed by atoms with van der Waals surface area (Å²) in [5.41, 5.74) is 17.8. The lowest BCUT2D eigenvalue weighted by Crippen LogP contribution is -2.04. The molecule has 0 aliphatic rings. The summed E-state index contributed by atoms with van der Waals surface area (Å²) in [5.74, 6) is 1.93. The normalized spacial score (nSPS) is 11.5. The van der Waals surface area contributed by atoms with Gasteiger partial charge in [0.25, 0.3) is 0 Å². The third kappa shape index (κ3) is 7.84. The van der Waals surface area contributed by atoms with Gasteiger partial charge in [-0.1, -0.05) is 200 Å². The topological polar surface area (TPSA) is 56.7 Å². The molecule has 336 valence electrons. The molecule has 3 aromatic heterocycles. The van der Waals surface area contributed by atoms with Crippen molar-refractivity contribution >= 4 is 43.7 Å². The molecule has 0 bridgehead atoms. The molecule has 0 radical (unpaired) electrons. The third-order valence-electron chi connectivity index (χ3n) is 13.9. The van der Waals surface area contributed by atoms with Gasteiger partial charge in [0.05, 0.1) is 11.0 Å². The Balaban J connectivity index is 0.965. The summed E-state index contributed by atoms with van der Waals surface area (Å²) >= 11 is 0. The Bertz CT molecular complexity index is 3940. The highest BCUT2D eigenvalue weighted by atomic mass is 16.3. The average Bonchev–Trinajstić information content (AvgIpc) is 3.98. The van der Waals surface area contributed by atoms with Crippen LogP contribution < -0.4 is 0 Å². The molecule has 0 aliphatic heterocycles. The van der Waals surface area contributed by atoms with Crippen molar-refractivity contribution in [2.45, 2.75) is 19.3 Å². The van der Waals surface area contributed by atoms with Crippen molar-refractivity contribution in [2.24, 2.45) is 0 Å². The van der Waals surface area contributed by atoms with E-state index in [0.717, 1.165) is 68.2 Å². The summed E-state index contributed by atoms with van der Waals surface area (Å²) in [7, 11) is 0.